The van der Waals surface area contributed by atoms with Gasteiger partial charge in [0, 0.05) is 12.0 Å². The smallest absolute Gasteiger partial charge is 0.333 e. The SMILES string of the molecule is CC(C)(C)N.CC(C)OC(Cc1cccc(O)c1)C(=O)O. The number of nitrogens with two attached hydrogens (primary N) is 1. The van der Waals surface area contributed by atoms with Crippen LogP contribution in [0.5, 0.6) is 5.75 Å². The summed E-state index contributed by atoms with van der Waals surface area (Å²) in [6.45, 7) is 9.48. The van der Waals surface area contributed by atoms with E-state index in [1.54, 1.807) is 38.1 Å². The van der Waals surface area contributed by atoms with Gasteiger partial charge in [0.15, 0.2) is 6.10 Å². The number of phenolic OH excluding ortho intramolecular Hbond substituents is 1. The van der Waals surface area contributed by atoms with Gasteiger partial charge < -0.3 is 20.7 Å². The summed E-state index contributed by atoms with van der Waals surface area (Å²) in [6, 6.07) is 6.53. The van der Waals surface area contributed by atoms with Gasteiger partial charge in [0.25, 0.3) is 0 Å². The molecule has 0 radical (unpaired) electrons. The number of carboxylic acids is 1. The van der Waals surface area contributed by atoms with Crippen LogP contribution in [-0.2, 0) is 16.0 Å². The summed E-state index contributed by atoms with van der Waals surface area (Å²) < 4.78 is 5.27. The van der Waals surface area contributed by atoms with Crippen molar-refractivity contribution < 1.29 is 19.7 Å². The van der Waals surface area contributed by atoms with Crippen LogP contribution < -0.4 is 5.73 Å². The number of hydrogen-bond donors (Lipinski definition) is 3. The summed E-state index contributed by atoms with van der Waals surface area (Å²) in [6.07, 6.45) is -0.762. The van der Waals surface area contributed by atoms with Gasteiger partial charge in [0.2, 0.25) is 0 Å². The molecule has 120 valence electrons. The minimum absolute atomic E-state index is 0. The van der Waals surface area contributed by atoms with Crippen molar-refractivity contribution in [1.82, 2.24) is 0 Å². The minimum atomic E-state index is -0.989. The Morgan fingerprint density at radius 1 is 1.33 bits per heavy atom. The van der Waals surface area contributed by atoms with E-state index in [1.165, 1.54) is 0 Å². The maximum Gasteiger partial charge on any atom is 0.333 e. The maximum atomic E-state index is 10.9. The van der Waals surface area contributed by atoms with Crippen molar-refractivity contribution in [2.45, 2.75) is 58.8 Å². The number of aromatic hydroxyl groups is 1. The molecule has 0 saturated heterocycles. The Balaban J connectivity index is 0.000000690. The molecule has 21 heavy (non-hydrogen) atoms. The zero-order valence-electron chi connectivity index (χ0n) is 13.5. The molecular weight excluding hydrogens is 270 g/mol. The number of hydrogen-bond acceptors (Lipinski definition) is 4. The summed E-state index contributed by atoms with van der Waals surface area (Å²) in [4.78, 5) is 10.9. The Hall–Kier alpha value is -1.59. The van der Waals surface area contributed by atoms with Crippen molar-refractivity contribution in [3.8, 4) is 5.75 Å². The predicted octanol–water partition coefficient (Wildman–Crippen LogP) is 2.56. The molecule has 0 aliphatic rings. The van der Waals surface area contributed by atoms with Gasteiger partial charge in [-0.3, -0.25) is 0 Å². The van der Waals surface area contributed by atoms with Crippen LogP contribution in [0.1, 0.15) is 40.2 Å². The molecule has 1 unspecified atom stereocenters. The predicted molar refractivity (Wildman–Crippen MR) is 83.4 cm³/mol. The van der Waals surface area contributed by atoms with Gasteiger partial charge in [-0.25, -0.2) is 4.79 Å². The molecule has 1 atom stereocenters. The van der Waals surface area contributed by atoms with Crippen molar-refractivity contribution in [1.29, 1.82) is 0 Å². The first-order valence-corrected chi connectivity index (χ1v) is 6.94. The third-order valence-corrected chi connectivity index (χ3v) is 2.04. The van der Waals surface area contributed by atoms with Crippen LogP contribution in [0.25, 0.3) is 0 Å². The van der Waals surface area contributed by atoms with E-state index in [9.17, 15) is 9.90 Å². The second-order valence-electron chi connectivity index (χ2n) is 6.25. The maximum absolute atomic E-state index is 10.9. The van der Waals surface area contributed by atoms with E-state index in [1.807, 2.05) is 20.8 Å². The molecule has 0 aliphatic carbocycles. The number of ether oxygens (including phenoxy) is 1. The van der Waals surface area contributed by atoms with Crippen LogP contribution in [0.2, 0.25) is 0 Å². The highest BCUT2D eigenvalue weighted by atomic mass is 16.5. The number of phenols is 1. The van der Waals surface area contributed by atoms with Crippen molar-refractivity contribution in [3.63, 3.8) is 0 Å². The third kappa shape index (κ3) is 11.9. The van der Waals surface area contributed by atoms with Gasteiger partial charge in [-0.1, -0.05) is 12.1 Å². The molecule has 0 heterocycles. The highest BCUT2D eigenvalue weighted by Gasteiger charge is 2.20. The highest BCUT2D eigenvalue weighted by molar-refractivity contribution is 5.72. The molecule has 0 fully saturated rings. The normalized spacial score (nSPS) is 12.5. The van der Waals surface area contributed by atoms with E-state index < -0.39 is 12.1 Å². The monoisotopic (exact) mass is 297 g/mol. The number of carbonyl (C=O) groups is 1. The summed E-state index contributed by atoms with van der Waals surface area (Å²) in [5.41, 5.74) is 6.10. The van der Waals surface area contributed by atoms with Gasteiger partial charge in [0.1, 0.15) is 5.75 Å². The van der Waals surface area contributed by atoms with E-state index in [2.05, 4.69) is 0 Å². The Morgan fingerprint density at radius 3 is 2.24 bits per heavy atom. The second kappa shape index (κ2) is 8.64. The fourth-order valence-corrected chi connectivity index (χ4v) is 1.42. The standard InChI is InChI=1S/C12H16O4.C4H11N/c1-8(2)16-11(12(14)15)7-9-4-3-5-10(13)6-9;1-4(2,3)5/h3-6,8,11,13H,7H2,1-2H3,(H,14,15);5H2,1-3H3. The average Bonchev–Trinajstić information content (AvgIpc) is 2.25. The summed E-state index contributed by atoms with van der Waals surface area (Å²) in [5.74, 6) is -0.858. The van der Waals surface area contributed by atoms with Crippen LogP contribution in [-0.4, -0.2) is 33.9 Å². The Morgan fingerprint density at radius 2 is 1.86 bits per heavy atom. The Labute approximate surface area is 126 Å². The van der Waals surface area contributed by atoms with Crippen LogP contribution >= 0.6 is 0 Å². The van der Waals surface area contributed by atoms with E-state index in [-0.39, 0.29) is 23.8 Å². The van der Waals surface area contributed by atoms with E-state index in [4.69, 9.17) is 15.6 Å². The molecule has 1 aromatic rings. The lowest BCUT2D eigenvalue weighted by atomic mass is 10.1. The van der Waals surface area contributed by atoms with Crippen molar-refractivity contribution >= 4 is 5.97 Å². The average molecular weight is 297 g/mol. The lowest BCUT2D eigenvalue weighted by molar-refractivity contribution is -0.153. The fourth-order valence-electron chi connectivity index (χ4n) is 1.42. The van der Waals surface area contributed by atoms with Gasteiger partial charge in [-0.2, -0.15) is 0 Å². The van der Waals surface area contributed by atoms with E-state index >= 15 is 0 Å². The summed E-state index contributed by atoms with van der Waals surface area (Å²) in [5, 5.41) is 18.2. The summed E-state index contributed by atoms with van der Waals surface area (Å²) in [7, 11) is 0. The molecular formula is C16H27NO4. The van der Waals surface area contributed by atoms with Crippen molar-refractivity contribution in [2.24, 2.45) is 5.73 Å². The molecule has 4 N–H and O–H groups in total. The molecule has 0 amide bonds. The molecule has 0 spiro atoms. The quantitative estimate of drug-likeness (QED) is 0.776. The molecule has 0 bridgehead atoms. The first kappa shape index (κ1) is 19.4. The van der Waals surface area contributed by atoms with Gasteiger partial charge in [-0.05, 0) is 52.3 Å². The van der Waals surface area contributed by atoms with Gasteiger partial charge in [-0.15, -0.1) is 0 Å². The molecule has 0 aromatic heterocycles. The van der Waals surface area contributed by atoms with Crippen molar-refractivity contribution in [2.75, 3.05) is 0 Å². The number of carboxylic acid groups (broad SMARTS) is 1. The first-order chi connectivity index (χ1) is 9.49. The molecule has 0 aliphatic heterocycles. The largest absolute Gasteiger partial charge is 0.508 e. The molecule has 1 aromatic carbocycles. The zero-order valence-corrected chi connectivity index (χ0v) is 13.5. The highest BCUT2D eigenvalue weighted by Crippen LogP contribution is 2.14. The lowest BCUT2D eigenvalue weighted by Crippen LogP contribution is -2.29. The minimum Gasteiger partial charge on any atom is -0.508 e. The molecule has 1 rings (SSSR count). The Bertz CT molecular complexity index is 432. The van der Waals surface area contributed by atoms with Crippen LogP contribution in [0.15, 0.2) is 24.3 Å². The van der Waals surface area contributed by atoms with Crippen LogP contribution in [0, 0.1) is 0 Å². The number of aliphatic carboxylic acids is 1. The summed E-state index contributed by atoms with van der Waals surface area (Å²) >= 11 is 0. The van der Waals surface area contributed by atoms with Gasteiger partial charge >= 0.3 is 5.97 Å². The molecule has 0 saturated carbocycles. The lowest BCUT2D eigenvalue weighted by Gasteiger charge is -2.16. The van der Waals surface area contributed by atoms with Gasteiger partial charge in [0.05, 0.1) is 6.10 Å². The first-order valence-electron chi connectivity index (χ1n) is 6.94. The van der Waals surface area contributed by atoms with Crippen LogP contribution in [0.4, 0.5) is 0 Å². The fraction of sp³-hybridized carbons (Fsp3) is 0.562. The molecule has 5 heteroatoms. The molecule has 5 nitrogen and oxygen atoms in total. The zero-order chi connectivity index (χ0) is 16.6. The van der Waals surface area contributed by atoms with E-state index in [0.29, 0.717) is 0 Å². The van der Waals surface area contributed by atoms with Crippen LogP contribution in [0.3, 0.4) is 0 Å². The van der Waals surface area contributed by atoms with Crippen molar-refractivity contribution in [3.05, 3.63) is 29.8 Å². The number of benzene rings is 1. The third-order valence-electron chi connectivity index (χ3n) is 2.04. The van der Waals surface area contributed by atoms with E-state index in [0.717, 1.165) is 5.56 Å². The second-order valence-corrected chi connectivity index (χ2v) is 6.25. The number of rotatable bonds is 5. The topological polar surface area (TPSA) is 92.8 Å². The Kier molecular flexibility index (Phi) is 7.99.